The lowest BCUT2D eigenvalue weighted by molar-refractivity contribution is -0.116. The Labute approximate surface area is 176 Å². The van der Waals surface area contributed by atoms with Gasteiger partial charge in [-0.3, -0.25) is 14.6 Å². The van der Waals surface area contributed by atoms with Crippen LogP contribution < -0.4 is 0 Å². The summed E-state index contributed by atoms with van der Waals surface area (Å²) in [6, 6.07) is 13.6. The first-order chi connectivity index (χ1) is 13.8. The Balaban J connectivity index is 1.45. The van der Waals surface area contributed by atoms with Crippen LogP contribution in [0.4, 0.5) is 0 Å². The van der Waals surface area contributed by atoms with E-state index in [0.29, 0.717) is 26.7 Å². The highest BCUT2D eigenvalue weighted by atomic mass is 35.5. The van der Waals surface area contributed by atoms with Crippen molar-refractivity contribution in [3.63, 3.8) is 0 Å². The van der Waals surface area contributed by atoms with E-state index in [4.69, 9.17) is 11.6 Å². The number of Topliss-reactive ketones (excluding diaryl/α,β-unsaturated/α-hetero) is 2. The van der Waals surface area contributed by atoms with Crippen LogP contribution in [-0.4, -0.2) is 30.7 Å². The zero-order valence-electron chi connectivity index (χ0n) is 15.0. The average molecular weight is 444 g/mol. The number of carbonyl (C=O) groups is 2. The second kappa shape index (κ2) is 7.67. The van der Waals surface area contributed by atoms with Crippen molar-refractivity contribution >= 4 is 56.0 Å². The summed E-state index contributed by atoms with van der Waals surface area (Å²) in [4.78, 5) is 29.1. The predicted octanol–water partition coefficient (Wildman–Crippen LogP) is 4.12. The second-order valence-corrected chi connectivity index (χ2v) is 10.5. The van der Waals surface area contributed by atoms with Crippen molar-refractivity contribution in [2.24, 2.45) is 0 Å². The third-order valence-electron chi connectivity index (χ3n) is 4.46. The Morgan fingerprint density at radius 1 is 1.07 bits per heavy atom. The van der Waals surface area contributed by atoms with Crippen molar-refractivity contribution in [2.45, 2.75) is 10.6 Å². The summed E-state index contributed by atoms with van der Waals surface area (Å²) < 4.78 is 25.0. The van der Waals surface area contributed by atoms with Gasteiger partial charge in [0.25, 0.3) is 0 Å². The summed E-state index contributed by atoms with van der Waals surface area (Å²) in [5.41, 5.74) is 3.10. The van der Waals surface area contributed by atoms with E-state index >= 15 is 0 Å². The molecule has 1 aromatic carbocycles. The number of thiophene rings is 1. The van der Waals surface area contributed by atoms with Crippen LogP contribution in [0.3, 0.4) is 0 Å². The van der Waals surface area contributed by atoms with Gasteiger partial charge in [-0.05, 0) is 35.4 Å². The molecule has 0 spiro atoms. The molecule has 1 aliphatic carbocycles. The van der Waals surface area contributed by atoms with Gasteiger partial charge in [0.05, 0.1) is 10.0 Å². The minimum absolute atomic E-state index is 0.0567. The Hall–Kier alpha value is -2.61. The molecule has 0 saturated carbocycles. The zero-order valence-corrected chi connectivity index (χ0v) is 17.4. The molecule has 29 heavy (non-hydrogen) atoms. The van der Waals surface area contributed by atoms with E-state index < -0.39 is 21.4 Å². The lowest BCUT2D eigenvalue weighted by Crippen LogP contribution is -2.17. The number of pyridine rings is 1. The first-order valence-electron chi connectivity index (χ1n) is 8.64. The number of nitrogens with zero attached hydrogens (tertiary/aromatic N) is 1. The number of rotatable bonds is 6. The van der Waals surface area contributed by atoms with Crippen molar-refractivity contribution in [1.82, 2.24) is 4.98 Å². The third kappa shape index (κ3) is 4.07. The highest BCUT2D eigenvalue weighted by Gasteiger charge is 2.24. The molecule has 146 valence electrons. The maximum Gasteiger partial charge on any atom is 0.195 e. The number of fused-ring (bicyclic) bond motifs is 1. The molecule has 0 bridgehead atoms. The standard InChI is InChI=1S/C21H14ClNO4S2/c22-19-7-8-20(28-19)29(26,27)12-15(24)9-13-5-6-18(23-11-13)17-10-14-3-1-2-4-16(14)21(17)25/h1-8,10-11H,9,12H2. The molecular weight excluding hydrogens is 430 g/mol. The van der Waals surface area contributed by atoms with E-state index in [1.54, 1.807) is 24.3 Å². The molecule has 2 aromatic heterocycles. The number of ketones is 2. The molecule has 0 saturated heterocycles. The topological polar surface area (TPSA) is 81.2 Å². The van der Waals surface area contributed by atoms with Gasteiger partial charge in [0, 0.05) is 23.8 Å². The highest BCUT2D eigenvalue weighted by Crippen LogP contribution is 2.30. The van der Waals surface area contributed by atoms with Crippen molar-refractivity contribution in [3.8, 4) is 0 Å². The van der Waals surface area contributed by atoms with Crippen LogP contribution in [0.1, 0.15) is 27.2 Å². The van der Waals surface area contributed by atoms with E-state index in [2.05, 4.69) is 4.98 Å². The summed E-state index contributed by atoms with van der Waals surface area (Å²) >= 11 is 6.70. The van der Waals surface area contributed by atoms with E-state index in [-0.39, 0.29) is 16.4 Å². The Morgan fingerprint density at radius 3 is 2.52 bits per heavy atom. The van der Waals surface area contributed by atoms with Gasteiger partial charge in [-0.25, -0.2) is 8.42 Å². The maximum absolute atomic E-state index is 12.5. The maximum atomic E-state index is 12.5. The van der Waals surface area contributed by atoms with Crippen LogP contribution in [0.25, 0.3) is 11.6 Å². The van der Waals surface area contributed by atoms with Gasteiger partial charge >= 0.3 is 0 Å². The molecule has 1 aliphatic rings. The van der Waals surface area contributed by atoms with E-state index in [9.17, 15) is 18.0 Å². The first kappa shape index (κ1) is 19.7. The van der Waals surface area contributed by atoms with Crippen molar-refractivity contribution < 1.29 is 18.0 Å². The lowest BCUT2D eigenvalue weighted by Gasteiger charge is -2.04. The monoisotopic (exact) mass is 443 g/mol. The summed E-state index contributed by atoms with van der Waals surface area (Å²) in [6.45, 7) is 0. The number of hydrogen-bond donors (Lipinski definition) is 0. The normalized spacial score (nSPS) is 13.3. The molecule has 0 unspecified atom stereocenters. The van der Waals surface area contributed by atoms with Crippen molar-refractivity contribution in [1.29, 1.82) is 0 Å². The lowest BCUT2D eigenvalue weighted by atomic mass is 10.1. The largest absolute Gasteiger partial charge is 0.298 e. The van der Waals surface area contributed by atoms with Crippen LogP contribution in [0.5, 0.6) is 0 Å². The minimum atomic E-state index is -3.71. The molecular formula is C21H14ClNO4S2. The Bertz CT molecular complexity index is 1260. The van der Waals surface area contributed by atoms with Crippen LogP contribution >= 0.6 is 22.9 Å². The Kier molecular flexibility index (Phi) is 5.21. The molecule has 0 N–H and O–H groups in total. The van der Waals surface area contributed by atoms with Crippen LogP contribution in [0.2, 0.25) is 4.34 Å². The highest BCUT2D eigenvalue weighted by molar-refractivity contribution is 7.94. The van der Waals surface area contributed by atoms with Gasteiger partial charge in [0.15, 0.2) is 21.4 Å². The second-order valence-electron chi connectivity index (χ2n) is 6.56. The molecule has 2 heterocycles. The first-order valence-corrected chi connectivity index (χ1v) is 11.5. The van der Waals surface area contributed by atoms with Crippen molar-refractivity contribution in [2.75, 3.05) is 5.75 Å². The van der Waals surface area contributed by atoms with Crippen molar-refractivity contribution in [3.05, 3.63) is 81.4 Å². The summed E-state index contributed by atoms with van der Waals surface area (Å²) in [7, 11) is -3.71. The molecule has 3 aromatic rings. The van der Waals surface area contributed by atoms with Gasteiger partial charge in [0.2, 0.25) is 0 Å². The molecule has 0 fully saturated rings. The number of benzene rings is 1. The number of hydrogen-bond acceptors (Lipinski definition) is 6. The zero-order chi connectivity index (χ0) is 20.6. The average Bonchev–Trinajstić information content (AvgIpc) is 3.27. The fraction of sp³-hybridized carbons (Fsp3) is 0.0952. The molecule has 0 atom stereocenters. The SMILES string of the molecule is O=C(Cc1ccc(C2=Cc3ccccc3C2=O)nc1)CS(=O)(=O)c1ccc(Cl)s1. The molecule has 0 radical (unpaired) electrons. The number of aromatic nitrogens is 1. The van der Waals surface area contributed by atoms with Gasteiger partial charge in [0.1, 0.15) is 9.96 Å². The summed E-state index contributed by atoms with van der Waals surface area (Å²) in [5.74, 6) is -1.12. The van der Waals surface area contributed by atoms with Crippen LogP contribution in [-0.2, 0) is 21.1 Å². The quantitative estimate of drug-likeness (QED) is 0.572. The predicted molar refractivity (Wildman–Crippen MR) is 113 cm³/mol. The molecule has 4 rings (SSSR count). The van der Waals surface area contributed by atoms with Gasteiger partial charge < -0.3 is 0 Å². The minimum Gasteiger partial charge on any atom is -0.298 e. The number of sulfone groups is 1. The third-order valence-corrected chi connectivity index (χ3v) is 7.95. The van der Waals surface area contributed by atoms with Gasteiger partial charge in [-0.1, -0.05) is 41.9 Å². The van der Waals surface area contributed by atoms with E-state index in [1.807, 2.05) is 18.2 Å². The molecule has 8 heteroatoms. The smallest absolute Gasteiger partial charge is 0.195 e. The number of allylic oxidation sites excluding steroid dienone is 1. The number of halogens is 1. The van der Waals surface area contributed by atoms with Crippen LogP contribution in [0, 0.1) is 0 Å². The molecule has 5 nitrogen and oxygen atoms in total. The van der Waals surface area contributed by atoms with Crippen LogP contribution in [0.15, 0.2) is 58.9 Å². The van der Waals surface area contributed by atoms with Gasteiger partial charge in [-0.15, -0.1) is 11.3 Å². The molecule has 0 amide bonds. The fourth-order valence-electron chi connectivity index (χ4n) is 3.10. The summed E-state index contributed by atoms with van der Waals surface area (Å²) in [6.07, 6.45) is 3.24. The summed E-state index contributed by atoms with van der Waals surface area (Å²) in [5, 5.41) is 0. The molecule has 0 aliphatic heterocycles. The van der Waals surface area contributed by atoms with E-state index in [0.717, 1.165) is 16.9 Å². The van der Waals surface area contributed by atoms with E-state index in [1.165, 1.54) is 18.3 Å². The van der Waals surface area contributed by atoms with Gasteiger partial charge in [-0.2, -0.15) is 0 Å². The Morgan fingerprint density at radius 2 is 1.86 bits per heavy atom. The number of carbonyl (C=O) groups excluding carboxylic acids is 2. The fourth-order valence-corrected chi connectivity index (χ4v) is 5.91.